The first-order chi connectivity index (χ1) is 13.1. The lowest BCUT2D eigenvalue weighted by Gasteiger charge is -2.27. The van der Waals surface area contributed by atoms with E-state index in [9.17, 15) is 14.3 Å². The van der Waals surface area contributed by atoms with Gasteiger partial charge in [0.1, 0.15) is 5.82 Å². The number of aliphatic hydroxyl groups excluding tert-OH is 1. The van der Waals surface area contributed by atoms with Gasteiger partial charge in [0.15, 0.2) is 0 Å². The minimum absolute atomic E-state index is 0.0960. The normalized spacial score (nSPS) is 31.3. The molecule has 3 heterocycles. The van der Waals surface area contributed by atoms with Crippen LogP contribution in [0.1, 0.15) is 23.2 Å². The Balaban J connectivity index is 1.48. The number of amides is 1. The van der Waals surface area contributed by atoms with Gasteiger partial charge in [0, 0.05) is 36.1 Å². The predicted octanol–water partition coefficient (Wildman–Crippen LogP) is 3.10. The molecule has 3 aliphatic rings. The monoisotopic (exact) mass is 367 g/mol. The van der Waals surface area contributed by atoms with Gasteiger partial charge in [-0.25, -0.2) is 4.39 Å². The molecule has 3 fully saturated rings. The first kappa shape index (κ1) is 16.9. The summed E-state index contributed by atoms with van der Waals surface area (Å²) < 4.78 is 20.6. The van der Waals surface area contributed by atoms with Crippen LogP contribution < -0.4 is 0 Å². The highest BCUT2D eigenvalue weighted by Gasteiger charge is 2.63. The van der Waals surface area contributed by atoms with E-state index >= 15 is 0 Å². The molecule has 27 heavy (non-hydrogen) atoms. The Morgan fingerprint density at radius 2 is 1.93 bits per heavy atom. The van der Waals surface area contributed by atoms with Gasteiger partial charge in [-0.1, -0.05) is 36.4 Å². The number of ether oxygens (including phenoxy) is 1. The van der Waals surface area contributed by atoms with Gasteiger partial charge in [0.05, 0.1) is 18.2 Å². The molecule has 0 unspecified atom stereocenters. The number of nitrogens with zero attached hydrogens (tertiary/aromatic N) is 1. The van der Waals surface area contributed by atoms with E-state index in [1.165, 1.54) is 6.07 Å². The Kier molecular flexibility index (Phi) is 3.85. The molecule has 3 saturated heterocycles. The second kappa shape index (κ2) is 6.14. The molecule has 5 rings (SSSR count). The molecule has 0 saturated carbocycles. The average molecular weight is 367 g/mol. The van der Waals surface area contributed by atoms with E-state index in [2.05, 4.69) is 0 Å². The van der Waals surface area contributed by atoms with Crippen LogP contribution in [-0.4, -0.2) is 47.3 Å². The highest BCUT2D eigenvalue weighted by Crippen LogP contribution is 2.54. The van der Waals surface area contributed by atoms with Crippen molar-refractivity contribution in [3.63, 3.8) is 0 Å². The highest BCUT2D eigenvalue weighted by atomic mass is 19.1. The van der Waals surface area contributed by atoms with Crippen LogP contribution >= 0.6 is 0 Å². The molecule has 0 aromatic heterocycles. The van der Waals surface area contributed by atoms with E-state index in [-0.39, 0.29) is 41.9 Å². The molecule has 0 radical (unpaired) electrons. The van der Waals surface area contributed by atoms with E-state index in [0.717, 1.165) is 12.8 Å². The van der Waals surface area contributed by atoms with Crippen molar-refractivity contribution in [3.8, 4) is 11.1 Å². The molecule has 140 valence electrons. The summed E-state index contributed by atoms with van der Waals surface area (Å²) in [5, 5.41) is 9.77. The summed E-state index contributed by atoms with van der Waals surface area (Å²) >= 11 is 0. The summed E-state index contributed by atoms with van der Waals surface area (Å²) in [6.45, 7) is 1.24. The fourth-order valence-electron chi connectivity index (χ4n) is 5.34. The van der Waals surface area contributed by atoms with Gasteiger partial charge < -0.3 is 14.7 Å². The number of carbonyl (C=O) groups is 1. The summed E-state index contributed by atoms with van der Waals surface area (Å²) in [7, 11) is 0. The lowest BCUT2D eigenvalue weighted by atomic mass is 9.74. The van der Waals surface area contributed by atoms with Gasteiger partial charge in [-0.05, 0) is 30.5 Å². The number of hydrogen-bond donors (Lipinski definition) is 1. The van der Waals surface area contributed by atoms with Crippen LogP contribution in [0.15, 0.2) is 48.5 Å². The molecule has 1 amide bonds. The summed E-state index contributed by atoms with van der Waals surface area (Å²) in [5.41, 5.74) is 1.25. The van der Waals surface area contributed by atoms with Crippen molar-refractivity contribution in [2.75, 3.05) is 19.7 Å². The van der Waals surface area contributed by atoms with Crippen molar-refractivity contribution < 1.29 is 19.0 Å². The van der Waals surface area contributed by atoms with Crippen molar-refractivity contribution in [2.45, 2.75) is 24.5 Å². The largest absolute Gasteiger partial charge is 0.396 e. The van der Waals surface area contributed by atoms with Crippen LogP contribution in [0.2, 0.25) is 0 Å². The summed E-state index contributed by atoms with van der Waals surface area (Å²) in [6, 6.07) is 13.7. The molecular weight excluding hydrogens is 345 g/mol. The highest BCUT2D eigenvalue weighted by molar-refractivity contribution is 6.01. The lowest BCUT2D eigenvalue weighted by molar-refractivity contribution is 0.00155. The number of carbonyl (C=O) groups excluding carboxylic acids is 1. The van der Waals surface area contributed by atoms with Gasteiger partial charge in [-0.2, -0.15) is 0 Å². The molecule has 2 aromatic carbocycles. The number of fused-ring (bicyclic) bond motifs is 1. The second-order valence-corrected chi connectivity index (χ2v) is 7.92. The van der Waals surface area contributed by atoms with Crippen LogP contribution in [0.4, 0.5) is 4.39 Å². The lowest BCUT2D eigenvalue weighted by Crippen LogP contribution is -2.38. The fraction of sp³-hybridized carbons (Fsp3) is 0.409. The molecule has 2 aromatic rings. The van der Waals surface area contributed by atoms with Crippen LogP contribution in [-0.2, 0) is 4.74 Å². The van der Waals surface area contributed by atoms with Crippen molar-refractivity contribution in [3.05, 3.63) is 59.9 Å². The molecule has 1 N–H and O–H groups in total. The van der Waals surface area contributed by atoms with E-state index in [4.69, 9.17) is 4.74 Å². The van der Waals surface area contributed by atoms with Gasteiger partial charge in [-0.3, -0.25) is 4.79 Å². The molecule has 3 aliphatic heterocycles. The smallest absolute Gasteiger partial charge is 0.254 e. The van der Waals surface area contributed by atoms with Crippen molar-refractivity contribution in [1.29, 1.82) is 0 Å². The quantitative estimate of drug-likeness (QED) is 0.907. The summed E-state index contributed by atoms with van der Waals surface area (Å²) in [5.74, 6) is -0.137. The zero-order chi connectivity index (χ0) is 18.6. The van der Waals surface area contributed by atoms with Gasteiger partial charge in [0.25, 0.3) is 5.91 Å². The molecule has 4 nitrogen and oxygen atoms in total. The van der Waals surface area contributed by atoms with Crippen molar-refractivity contribution >= 4 is 5.91 Å². The third-order valence-corrected chi connectivity index (χ3v) is 6.60. The van der Waals surface area contributed by atoms with Crippen molar-refractivity contribution in [1.82, 2.24) is 4.90 Å². The van der Waals surface area contributed by atoms with Crippen molar-refractivity contribution in [2.24, 2.45) is 11.8 Å². The number of rotatable bonds is 3. The topological polar surface area (TPSA) is 49.8 Å². The average Bonchev–Trinajstić information content (AvgIpc) is 3.35. The molecule has 0 aliphatic carbocycles. The standard InChI is InChI=1S/C22H22FNO3/c23-19-8-4-3-6-15(19)14-5-1-2-7-16(14)21(26)24-11-18-17(12-25)20-9-10-22(18,13-24)27-20/h1-8,17-18,20,25H,9-13H2/t17-,18+,20+,22+/m1/s1. The third-order valence-electron chi connectivity index (χ3n) is 6.60. The van der Waals surface area contributed by atoms with Crippen LogP contribution in [0.25, 0.3) is 11.1 Å². The number of hydrogen-bond acceptors (Lipinski definition) is 3. The van der Waals surface area contributed by atoms with Crippen LogP contribution in [0.3, 0.4) is 0 Å². The molecule has 1 spiro atoms. The third kappa shape index (κ3) is 2.45. The summed E-state index contributed by atoms with van der Waals surface area (Å²) in [4.78, 5) is 15.2. The Labute approximate surface area is 157 Å². The van der Waals surface area contributed by atoms with Gasteiger partial charge in [-0.15, -0.1) is 0 Å². The molecular formula is C22H22FNO3. The molecule has 4 atom stereocenters. The number of halogens is 1. The Morgan fingerprint density at radius 1 is 1.19 bits per heavy atom. The zero-order valence-electron chi connectivity index (χ0n) is 15.0. The SMILES string of the molecule is O=C(c1ccccc1-c1ccccc1F)N1C[C@H]2[C@@H](CO)[C@@H]3CC[C@@]2(C1)O3. The number of aliphatic hydroxyl groups is 1. The fourth-order valence-corrected chi connectivity index (χ4v) is 5.34. The minimum atomic E-state index is -0.336. The zero-order valence-corrected chi connectivity index (χ0v) is 15.0. The molecule has 5 heteroatoms. The van der Waals surface area contributed by atoms with Gasteiger partial charge >= 0.3 is 0 Å². The maximum Gasteiger partial charge on any atom is 0.254 e. The Hall–Kier alpha value is -2.24. The van der Waals surface area contributed by atoms with E-state index in [1.54, 1.807) is 30.3 Å². The van der Waals surface area contributed by atoms with E-state index in [1.807, 2.05) is 17.0 Å². The van der Waals surface area contributed by atoms with Gasteiger partial charge in [0.2, 0.25) is 0 Å². The minimum Gasteiger partial charge on any atom is -0.396 e. The maximum atomic E-state index is 14.3. The van der Waals surface area contributed by atoms with E-state index < -0.39 is 0 Å². The Bertz CT molecular complexity index is 901. The van der Waals surface area contributed by atoms with Crippen LogP contribution in [0, 0.1) is 17.7 Å². The maximum absolute atomic E-state index is 14.3. The van der Waals surface area contributed by atoms with Crippen LogP contribution in [0.5, 0.6) is 0 Å². The van der Waals surface area contributed by atoms with E-state index in [0.29, 0.717) is 29.8 Å². The molecule has 2 bridgehead atoms. The second-order valence-electron chi connectivity index (χ2n) is 7.92. The number of likely N-dealkylation sites (tertiary alicyclic amines) is 1. The summed E-state index contributed by atoms with van der Waals surface area (Å²) in [6.07, 6.45) is 2.02. The Morgan fingerprint density at radius 3 is 2.70 bits per heavy atom. The predicted molar refractivity (Wildman–Crippen MR) is 98.6 cm³/mol. The first-order valence-corrected chi connectivity index (χ1v) is 9.55. The first-order valence-electron chi connectivity index (χ1n) is 9.55. The number of benzene rings is 2.